The molecule has 1 heterocycles. The Morgan fingerprint density at radius 2 is 1.96 bits per heavy atom. The zero-order valence-electron chi connectivity index (χ0n) is 14.7. The Hall–Kier alpha value is -2.45. The lowest BCUT2D eigenvalue weighted by atomic mass is 10.2. The fraction of sp³-hybridized carbons (Fsp3) is 0.158. The van der Waals surface area contributed by atoms with E-state index in [1.165, 1.54) is 11.8 Å². The van der Waals surface area contributed by atoms with Crippen molar-refractivity contribution in [2.75, 3.05) is 25.3 Å². The fourth-order valence-corrected chi connectivity index (χ4v) is 3.16. The van der Waals surface area contributed by atoms with Crippen molar-refractivity contribution < 1.29 is 18.7 Å². The number of methoxy groups -OCH3 is 2. The van der Waals surface area contributed by atoms with Crippen molar-refractivity contribution in [3.63, 3.8) is 0 Å². The fourth-order valence-electron chi connectivity index (χ4n) is 2.30. The Kier molecular flexibility index (Phi) is 6.41. The second-order valence-electron chi connectivity index (χ2n) is 5.40. The number of halogens is 1. The first-order valence-corrected chi connectivity index (χ1v) is 9.73. The Balaban J connectivity index is 1.61. The number of amides is 1. The largest absolute Gasteiger partial charge is 0.497 e. The molecule has 2 aromatic carbocycles. The zero-order valence-corrected chi connectivity index (χ0v) is 17.1. The Bertz CT molecular complexity index is 928. The number of rotatable bonds is 7. The molecule has 1 N–H and O–H groups in total. The summed E-state index contributed by atoms with van der Waals surface area (Å²) in [6, 6.07) is 12.9. The quantitative estimate of drug-likeness (QED) is 0.520. The molecule has 0 saturated carbocycles. The summed E-state index contributed by atoms with van der Waals surface area (Å²) in [7, 11) is 3.11. The van der Waals surface area contributed by atoms with Crippen molar-refractivity contribution in [3.8, 4) is 22.8 Å². The van der Waals surface area contributed by atoms with Gasteiger partial charge in [-0.2, -0.15) is 0 Å². The average molecular weight is 449 g/mol. The van der Waals surface area contributed by atoms with Gasteiger partial charge in [-0.3, -0.25) is 4.79 Å². The molecule has 3 aromatic rings. The summed E-state index contributed by atoms with van der Waals surface area (Å²) in [4.78, 5) is 16.5. The van der Waals surface area contributed by atoms with E-state index in [0.29, 0.717) is 28.2 Å². The smallest absolute Gasteiger partial charge is 0.256 e. The molecule has 0 aliphatic carbocycles. The molecule has 6 nitrogen and oxygen atoms in total. The van der Waals surface area contributed by atoms with Crippen LogP contribution in [-0.4, -0.2) is 30.9 Å². The molecule has 0 bridgehead atoms. The van der Waals surface area contributed by atoms with Crippen molar-refractivity contribution >= 4 is 39.3 Å². The highest BCUT2D eigenvalue weighted by Crippen LogP contribution is 2.30. The number of aromatic nitrogens is 1. The van der Waals surface area contributed by atoms with Gasteiger partial charge in [0.05, 0.1) is 31.9 Å². The Morgan fingerprint density at radius 1 is 1.19 bits per heavy atom. The topological polar surface area (TPSA) is 73.6 Å². The van der Waals surface area contributed by atoms with Crippen LogP contribution in [0.25, 0.3) is 11.3 Å². The van der Waals surface area contributed by atoms with E-state index in [0.717, 1.165) is 10.0 Å². The van der Waals surface area contributed by atoms with Gasteiger partial charge in [-0.05, 0) is 24.3 Å². The van der Waals surface area contributed by atoms with E-state index in [1.807, 2.05) is 24.3 Å². The molecule has 1 amide bonds. The van der Waals surface area contributed by atoms with E-state index in [2.05, 4.69) is 26.2 Å². The maximum absolute atomic E-state index is 12.3. The number of carbonyl (C=O) groups is 1. The van der Waals surface area contributed by atoms with Gasteiger partial charge in [0.1, 0.15) is 11.5 Å². The van der Waals surface area contributed by atoms with Crippen LogP contribution in [0, 0.1) is 0 Å². The van der Waals surface area contributed by atoms with Gasteiger partial charge in [-0.15, -0.1) is 0 Å². The highest BCUT2D eigenvalue weighted by atomic mass is 79.9. The summed E-state index contributed by atoms with van der Waals surface area (Å²) < 4.78 is 17.1. The van der Waals surface area contributed by atoms with Gasteiger partial charge in [-0.1, -0.05) is 39.8 Å². The number of ether oxygens (including phenoxy) is 2. The van der Waals surface area contributed by atoms with Gasteiger partial charge in [0.15, 0.2) is 5.76 Å². The van der Waals surface area contributed by atoms with Crippen LogP contribution in [0.2, 0.25) is 0 Å². The lowest BCUT2D eigenvalue weighted by Crippen LogP contribution is -2.14. The first kappa shape index (κ1) is 19.3. The molecule has 27 heavy (non-hydrogen) atoms. The monoisotopic (exact) mass is 448 g/mol. The maximum atomic E-state index is 12.3. The van der Waals surface area contributed by atoms with Gasteiger partial charge < -0.3 is 19.2 Å². The molecule has 0 atom stereocenters. The van der Waals surface area contributed by atoms with E-state index >= 15 is 0 Å². The SMILES string of the molecule is COc1ccc(OC)c(NC(=O)CSc2ncc(-c3ccc(Br)cc3)o2)c1. The zero-order chi connectivity index (χ0) is 19.2. The second kappa shape index (κ2) is 8.96. The normalized spacial score (nSPS) is 10.5. The highest BCUT2D eigenvalue weighted by molar-refractivity contribution is 9.10. The average Bonchev–Trinajstić information content (AvgIpc) is 3.16. The minimum Gasteiger partial charge on any atom is -0.497 e. The lowest BCUT2D eigenvalue weighted by molar-refractivity contribution is -0.113. The lowest BCUT2D eigenvalue weighted by Gasteiger charge is -2.11. The third-order valence-corrected chi connectivity index (χ3v) is 4.99. The summed E-state index contributed by atoms with van der Waals surface area (Å²) in [6.45, 7) is 0. The number of anilines is 1. The first-order valence-electron chi connectivity index (χ1n) is 7.95. The predicted molar refractivity (Wildman–Crippen MR) is 109 cm³/mol. The van der Waals surface area contributed by atoms with E-state index in [-0.39, 0.29) is 11.7 Å². The molecular formula is C19H17BrN2O4S. The first-order chi connectivity index (χ1) is 13.1. The van der Waals surface area contributed by atoms with Gasteiger partial charge in [0.25, 0.3) is 5.22 Å². The number of nitrogens with zero attached hydrogens (tertiary/aromatic N) is 1. The van der Waals surface area contributed by atoms with E-state index < -0.39 is 0 Å². The van der Waals surface area contributed by atoms with Crippen molar-refractivity contribution in [1.82, 2.24) is 4.98 Å². The Morgan fingerprint density at radius 3 is 2.67 bits per heavy atom. The van der Waals surface area contributed by atoms with Crippen LogP contribution >= 0.6 is 27.7 Å². The van der Waals surface area contributed by atoms with Crippen LogP contribution in [0.5, 0.6) is 11.5 Å². The molecule has 0 radical (unpaired) electrons. The van der Waals surface area contributed by atoms with Crippen LogP contribution < -0.4 is 14.8 Å². The van der Waals surface area contributed by atoms with Gasteiger partial charge in [0, 0.05) is 16.1 Å². The number of benzene rings is 2. The second-order valence-corrected chi connectivity index (χ2v) is 7.24. The van der Waals surface area contributed by atoms with Gasteiger partial charge in [-0.25, -0.2) is 4.98 Å². The van der Waals surface area contributed by atoms with Crippen molar-refractivity contribution in [1.29, 1.82) is 0 Å². The number of oxazole rings is 1. The van der Waals surface area contributed by atoms with Crippen molar-refractivity contribution in [3.05, 3.63) is 53.1 Å². The number of hydrogen-bond acceptors (Lipinski definition) is 6. The van der Waals surface area contributed by atoms with Crippen LogP contribution in [0.4, 0.5) is 5.69 Å². The van der Waals surface area contributed by atoms with Crippen molar-refractivity contribution in [2.45, 2.75) is 5.22 Å². The number of thioether (sulfide) groups is 1. The van der Waals surface area contributed by atoms with E-state index in [1.54, 1.807) is 38.6 Å². The molecule has 8 heteroatoms. The predicted octanol–water partition coefficient (Wildman–Crippen LogP) is 4.85. The van der Waals surface area contributed by atoms with Crippen LogP contribution in [0.1, 0.15) is 0 Å². The standard InChI is InChI=1S/C19H17BrN2O4S/c1-24-14-7-8-16(25-2)15(9-14)22-18(23)11-27-19-21-10-17(26-19)12-3-5-13(20)6-4-12/h3-10H,11H2,1-2H3,(H,22,23). The summed E-state index contributed by atoms with van der Waals surface area (Å²) >= 11 is 4.62. The summed E-state index contributed by atoms with van der Waals surface area (Å²) in [5, 5.41) is 3.24. The molecule has 0 saturated heterocycles. The Labute approximate surface area is 169 Å². The summed E-state index contributed by atoms with van der Waals surface area (Å²) in [6.07, 6.45) is 1.65. The third kappa shape index (κ3) is 5.05. The minimum absolute atomic E-state index is 0.153. The molecular weight excluding hydrogens is 432 g/mol. The van der Waals surface area contributed by atoms with E-state index in [4.69, 9.17) is 13.9 Å². The minimum atomic E-state index is -0.199. The van der Waals surface area contributed by atoms with Crippen molar-refractivity contribution in [2.24, 2.45) is 0 Å². The van der Waals surface area contributed by atoms with E-state index in [9.17, 15) is 4.79 Å². The number of hydrogen-bond donors (Lipinski definition) is 1. The number of carbonyl (C=O) groups excluding carboxylic acids is 1. The van der Waals surface area contributed by atoms with Crippen LogP contribution in [0.3, 0.4) is 0 Å². The third-order valence-electron chi connectivity index (χ3n) is 3.62. The highest BCUT2D eigenvalue weighted by Gasteiger charge is 2.12. The maximum Gasteiger partial charge on any atom is 0.256 e. The number of nitrogens with one attached hydrogen (secondary N) is 1. The van der Waals surface area contributed by atoms with Gasteiger partial charge >= 0.3 is 0 Å². The molecule has 1 aromatic heterocycles. The molecule has 3 rings (SSSR count). The van der Waals surface area contributed by atoms with Crippen LogP contribution in [-0.2, 0) is 4.79 Å². The molecule has 0 spiro atoms. The molecule has 0 unspecified atom stereocenters. The molecule has 0 aliphatic rings. The molecule has 0 fully saturated rings. The van der Waals surface area contributed by atoms with Gasteiger partial charge in [0.2, 0.25) is 5.91 Å². The molecule has 140 valence electrons. The summed E-state index contributed by atoms with van der Waals surface area (Å²) in [5.74, 6) is 1.80. The van der Waals surface area contributed by atoms with Crippen LogP contribution in [0.15, 0.2) is 62.8 Å². The summed E-state index contributed by atoms with van der Waals surface area (Å²) in [5.41, 5.74) is 1.47. The molecule has 0 aliphatic heterocycles.